The van der Waals surface area contributed by atoms with Gasteiger partial charge in [0.15, 0.2) is 0 Å². The maximum Gasteiger partial charge on any atom is 0.243 e. The Hall–Kier alpha value is -1.50. The molecule has 0 saturated carbocycles. The van der Waals surface area contributed by atoms with E-state index in [4.69, 9.17) is 11.6 Å². The van der Waals surface area contributed by atoms with E-state index >= 15 is 0 Å². The molecule has 0 fully saturated rings. The zero-order valence-corrected chi connectivity index (χ0v) is 13.1. The second-order valence-electron chi connectivity index (χ2n) is 4.53. The van der Waals surface area contributed by atoms with E-state index in [1.807, 2.05) is 0 Å². The van der Waals surface area contributed by atoms with Crippen LogP contribution in [0.2, 0.25) is 5.15 Å². The molecule has 0 aliphatic carbocycles. The van der Waals surface area contributed by atoms with Gasteiger partial charge < -0.3 is 0 Å². The standard InChI is InChI=1S/C14H14ClFN2O2S/c1-10(12-5-3-4-6-13(12)16)18(2)21(19,20)11-7-8-17-14(15)9-11/h3-10H,1-2H3. The van der Waals surface area contributed by atoms with Crippen molar-refractivity contribution >= 4 is 21.6 Å². The molecule has 21 heavy (non-hydrogen) atoms. The smallest absolute Gasteiger partial charge is 0.243 e. The highest BCUT2D eigenvalue weighted by Gasteiger charge is 2.27. The molecule has 0 amide bonds. The summed E-state index contributed by atoms with van der Waals surface area (Å²) in [6, 6.07) is 8.05. The molecule has 112 valence electrons. The van der Waals surface area contributed by atoms with Gasteiger partial charge in [-0.1, -0.05) is 29.8 Å². The van der Waals surface area contributed by atoms with Crippen molar-refractivity contribution in [2.24, 2.45) is 0 Å². The van der Waals surface area contributed by atoms with Crippen LogP contribution in [0.1, 0.15) is 18.5 Å². The summed E-state index contributed by atoms with van der Waals surface area (Å²) in [5.41, 5.74) is 0.309. The van der Waals surface area contributed by atoms with E-state index in [1.165, 1.54) is 31.4 Å². The second kappa shape index (κ2) is 6.09. The minimum absolute atomic E-state index is 0.0215. The van der Waals surface area contributed by atoms with Gasteiger partial charge in [-0.3, -0.25) is 0 Å². The number of halogens is 2. The van der Waals surface area contributed by atoms with Crippen molar-refractivity contribution in [1.82, 2.24) is 9.29 Å². The number of benzene rings is 1. The normalized spacial score (nSPS) is 13.4. The summed E-state index contributed by atoms with van der Waals surface area (Å²) in [5.74, 6) is -0.445. The van der Waals surface area contributed by atoms with Crippen molar-refractivity contribution in [2.75, 3.05) is 7.05 Å². The lowest BCUT2D eigenvalue weighted by molar-refractivity contribution is 0.387. The first kappa shape index (κ1) is 15.9. The Morgan fingerprint density at radius 3 is 2.57 bits per heavy atom. The van der Waals surface area contributed by atoms with Crippen molar-refractivity contribution in [2.45, 2.75) is 17.9 Å². The average molecular weight is 329 g/mol. The van der Waals surface area contributed by atoms with Crippen molar-refractivity contribution < 1.29 is 12.8 Å². The van der Waals surface area contributed by atoms with Crippen LogP contribution in [0.5, 0.6) is 0 Å². The summed E-state index contributed by atoms with van der Waals surface area (Å²) in [6.45, 7) is 1.62. The van der Waals surface area contributed by atoms with Gasteiger partial charge in [0, 0.05) is 24.8 Å². The highest BCUT2D eigenvalue weighted by Crippen LogP contribution is 2.27. The zero-order chi connectivity index (χ0) is 15.6. The lowest BCUT2D eigenvalue weighted by atomic mass is 10.1. The van der Waals surface area contributed by atoms with Crippen molar-refractivity contribution in [3.8, 4) is 0 Å². The Morgan fingerprint density at radius 2 is 1.95 bits per heavy atom. The van der Waals surface area contributed by atoms with Gasteiger partial charge in [-0.25, -0.2) is 17.8 Å². The molecule has 0 N–H and O–H groups in total. The van der Waals surface area contributed by atoms with Crippen LogP contribution in [-0.4, -0.2) is 24.8 Å². The Kier molecular flexibility index (Phi) is 4.61. The minimum atomic E-state index is -3.78. The first-order valence-corrected chi connectivity index (χ1v) is 8.00. The van der Waals surface area contributed by atoms with Gasteiger partial charge in [0.1, 0.15) is 11.0 Å². The van der Waals surface area contributed by atoms with E-state index < -0.39 is 21.9 Å². The highest BCUT2D eigenvalue weighted by atomic mass is 35.5. The third-order valence-corrected chi connectivity index (χ3v) is 5.41. The predicted molar refractivity (Wildman–Crippen MR) is 79.0 cm³/mol. The predicted octanol–water partition coefficient (Wildman–Crippen LogP) is 3.26. The number of hydrogen-bond acceptors (Lipinski definition) is 3. The molecule has 4 nitrogen and oxygen atoms in total. The lowest BCUT2D eigenvalue weighted by Crippen LogP contribution is -2.30. The maximum absolute atomic E-state index is 13.8. The lowest BCUT2D eigenvalue weighted by Gasteiger charge is -2.25. The number of rotatable bonds is 4. The summed E-state index contributed by atoms with van der Waals surface area (Å²) in [5, 5.41) is 0.0861. The van der Waals surface area contributed by atoms with Crippen molar-refractivity contribution in [3.63, 3.8) is 0 Å². The molecule has 0 saturated heterocycles. The number of sulfonamides is 1. The van der Waals surface area contributed by atoms with Crippen LogP contribution in [0.3, 0.4) is 0 Å². The third-order valence-electron chi connectivity index (χ3n) is 3.28. The molecule has 1 aromatic carbocycles. The molecule has 0 bridgehead atoms. The van der Waals surface area contributed by atoms with E-state index in [0.29, 0.717) is 5.56 Å². The second-order valence-corrected chi connectivity index (χ2v) is 6.92. The minimum Gasteiger partial charge on any atom is -0.244 e. The Labute approximate surface area is 128 Å². The SMILES string of the molecule is CC(c1ccccc1F)N(C)S(=O)(=O)c1ccnc(Cl)c1. The topological polar surface area (TPSA) is 50.3 Å². The fourth-order valence-electron chi connectivity index (χ4n) is 1.93. The molecule has 0 spiro atoms. The number of aromatic nitrogens is 1. The van der Waals surface area contributed by atoms with E-state index in [9.17, 15) is 12.8 Å². The number of hydrogen-bond donors (Lipinski definition) is 0. The van der Waals surface area contributed by atoms with E-state index in [2.05, 4.69) is 4.98 Å². The molecule has 0 aliphatic heterocycles. The van der Waals surface area contributed by atoms with Crippen LogP contribution >= 0.6 is 11.6 Å². The van der Waals surface area contributed by atoms with Crippen LogP contribution in [0.4, 0.5) is 4.39 Å². The molecule has 1 aromatic heterocycles. The molecule has 0 radical (unpaired) electrons. The zero-order valence-electron chi connectivity index (χ0n) is 11.5. The summed E-state index contributed by atoms with van der Waals surface area (Å²) in [7, 11) is -2.38. The van der Waals surface area contributed by atoms with Gasteiger partial charge in [0.2, 0.25) is 10.0 Å². The first-order valence-electron chi connectivity index (χ1n) is 6.18. The largest absolute Gasteiger partial charge is 0.244 e. The number of pyridine rings is 1. The van der Waals surface area contributed by atoms with Crippen LogP contribution in [0, 0.1) is 5.82 Å². The number of nitrogens with zero attached hydrogens (tertiary/aromatic N) is 2. The molecule has 2 rings (SSSR count). The Balaban J connectivity index is 2.39. The Morgan fingerprint density at radius 1 is 1.29 bits per heavy atom. The summed E-state index contributed by atoms with van der Waals surface area (Å²) in [6.07, 6.45) is 1.32. The van der Waals surface area contributed by atoms with Crippen LogP contribution in [-0.2, 0) is 10.0 Å². The fourth-order valence-corrected chi connectivity index (χ4v) is 3.52. The summed E-state index contributed by atoms with van der Waals surface area (Å²) >= 11 is 5.72. The molecule has 2 aromatic rings. The van der Waals surface area contributed by atoms with E-state index in [-0.39, 0.29) is 10.0 Å². The summed E-state index contributed by atoms with van der Waals surface area (Å²) in [4.78, 5) is 3.77. The van der Waals surface area contributed by atoms with Gasteiger partial charge in [0.25, 0.3) is 0 Å². The maximum atomic E-state index is 13.8. The molecule has 1 heterocycles. The molecule has 7 heteroatoms. The monoisotopic (exact) mass is 328 g/mol. The quantitative estimate of drug-likeness (QED) is 0.809. The molecule has 1 atom stereocenters. The van der Waals surface area contributed by atoms with Crippen LogP contribution in [0.25, 0.3) is 0 Å². The van der Waals surface area contributed by atoms with Gasteiger partial charge in [-0.2, -0.15) is 4.31 Å². The van der Waals surface area contributed by atoms with Crippen LogP contribution < -0.4 is 0 Å². The molecular formula is C14H14ClFN2O2S. The molecule has 1 unspecified atom stereocenters. The highest BCUT2D eigenvalue weighted by molar-refractivity contribution is 7.89. The van der Waals surface area contributed by atoms with E-state index in [0.717, 1.165) is 4.31 Å². The van der Waals surface area contributed by atoms with Gasteiger partial charge >= 0.3 is 0 Å². The van der Waals surface area contributed by atoms with Crippen LogP contribution in [0.15, 0.2) is 47.5 Å². The van der Waals surface area contributed by atoms with Gasteiger partial charge in [0.05, 0.1) is 4.90 Å². The first-order chi connectivity index (χ1) is 9.84. The van der Waals surface area contributed by atoms with Crippen molar-refractivity contribution in [1.29, 1.82) is 0 Å². The summed E-state index contributed by atoms with van der Waals surface area (Å²) < 4.78 is 40.0. The fraction of sp³-hybridized carbons (Fsp3) is 0.214. The third kappa shape index (κ3) is 3.23. The van der Waals surface area contributed by atoms with Gasteiger partial charge in [-0.15, -0.1) is 0 Å². The van der Waals surface area contributed by atoms with Crippen molar-refractivity contribution in [3.05, 3.63) is 59.1 Å². The van der Waals surface area contributed by atoms with Gasteiger partial charge in [-0.05, 0) is 25.1 Å². The average Bonchev–Trinajstić information content (AvgIpc) is 2.46. The molecular weight excluding hydrogens is 315 g/mol. The van der Waals surface area contributed by atoms with E-state index in [1.54, 1.807) is 25.1 Å². The Bertz CT molecular complexity index is 752. The molecule has 0 aliphatic rings.